The van der Waals surface area contributed by atoms with Crippen LogP contribution in [0.4, 0.5) is 11.5 Å². The van der Waals surface area contributed by atoms with E-state index in [4.69, 9.17) is 9.47 Å². The predicted molar refractivity (Wildman–Crippen MR) is 145 cm³/mol. The molecular formula is C29H29N7O2. The number of hydrogen-bond donors (Lipinski definition) is 1. The minimum absolute atomic E-state index is 0.206. The van der Waals surface area contributed by atoms with Crippen molar-refractivity contribution in [2.75, 3.05) is 12.4 Å². The van der Waals surface area contributed by atoms with E-state index < -0.39 is 0 Å². The highest BCUT2D eigenvalue weighted by atomic mass is 16.5. The summed E-state index contributed by atoms with van der Waals surface area (Å²) < 4.78 is 14.5. The highest BCUT2D eigenvalue weighted by molar-refractivity contribution is 5.95. The summed E-state index contributed by atoms with van der Waals surface area (Å²) in [6, 6.07) is 17.0. The zero-order chi connectivity index (χ0) is 25.6. The van der Waals surface area contributed by atoms with Crippen LogP contribution in [0.2, 0.25) is 0 Å². The zero-order valence-corrected chi connectivity index (χ0v) is 21.4. The van der Waals surface area contributed by atoms with Crippen LogP contribution in [0, 0.1) is 6.92 Å². The molecule has 2 saturated heterocycles. The molecule has 7 rings (SSSR count). The van der Waals surface area contributed by atoms with Gasteiger partial charge in [-0.05, 0) is 81.6 Å². The van der Waals surface area contributed by atoms with Gasteiger partial charge in [-0.1, -0.05) is 6.07 Å². The van der Waals surface area contributed by atoms with E-state index in [0.717, 1.165) is 58.0 Å². The lowest BCUT2D eigenvalue weighted by molar-refractivity contribution is 0.0671. The molecule has 0 saturated carbocycles. The Balaban J connectivity index is 1.14. The Hall–Kier alpha value is -4.24. The summed E-state index contributed by atoms with van der Waals surface area (Å²) in [6.07, 6.45) is 9.80. The first-order valence-corrected chi connectivity index (χ1v) is 13.1. The fourth-order valence-corrected chi connectivity index (χ4v) is 5.87. The van der Waals surface area contributed by atoms with Crippen LogP contribution in [-0.4, -0.2) is 54.7 Å². The number of rotatable bonds is 6. The van der Waals surface area contributed by atoms with E-state index in [1.54, 1.807) is 10.8 Å². The Kier molecular flexibility index (Phi) is 5.58. The van der Waals surface area contributed by atoms with Gasteiger partial charge in [0.05, 0.1) is 10.9 Å². The van der Waals surface area contributed by atoms with Crippen LogP contribution in [0.3, 0.4) is 0 Å². The molecule has 0 aliphatic carbocycles. The summed E-state index contributed by atoms with van der Waals surface area (Å²) in [4.78, 5) is 15.9. The van der Waals surface area contributed by atoms with Crippen molar-refractivity contribution in [2.24, 2.45) is 0 Å². The summed E-state index contributed by atoms with van der Waals surface area (Å²) in [5, 5.41) is 8.53. The summed E-state index contributed by atoms with van der Waals surface area (Å²) >= 11 is 0. The Labute approximate surface area is 220 Å². The second-order valence-electron chi connectivity index (χ2n) is 10.3. The number of aryl methyl sites for hydroxylation is 1. The maximum Gasteiger partial charge on any atom is 0.158 e. The van der Waals surface area contributed by atoms with E-state index in [2.05, 4.69) is 43.4 Å². The predicted octanol–water partition coefficient (Wildman–Crippen LogP) is 5.52. The van der Waals surface area contributed by atoms with Gasteiger partial charge in [0.2, 0.25) is 0 Å². The second kappa shape index (κ2) is 9.25. The van der Waals surface area contributed by atoms with Crippen molar-refractivity contribution >= 4 is 28.1 Å². The largest absolute Gasteiger partial charge is 0.489 e. The molecule has 0 radical (unpaired) electrons. The van der Waals surface area contributed by atoms with Gasteiger partial charge < -0.3 is 19.7 Å². The molecule has 2 bridgehead atoms. The lowest BCUT2D eigenvalue weighted by Gasteiger charge is -2.36. The number of ether oxygens (including phenoxy) is 2. The highest BCUT2D eigenvalue weighted by Crippen LogP contribution is 2.39. The third-order valence-corrected chi connectivity index (χ3v) is 7.89. The molecule has 2 aromatic carbocycles. The zero-order valence-electron chi connectivity index (χ0n) is 21.4. The van der Waals surface area contributed by atoms with Gasteiger partial charge in [0.1, 0.15) is 41.8 Å². The minimum Gasteiger partial charge on any atom is -0.489 e. The van der Waals surface area contributed by atoms with Crippen molar-refractivity contribution in [1.29, 1.82) is 0 Å². The van der Waals surface area contributed by atoms with Gasteiger partial charge in [-0.25, -0.2) is 19.5 Å². The fourth-order valence-electron chi connectivity index (χ4n) is 5.87. The van der Waals surface area contributed by atoms with Gasteiger partial charge in [0.25, 0.3) is 0 Å². The quantitative estimate of drug-likeness (QED) is 0.321. The summed E-state index contributed by atoms with van der Waals surface area (Å²) in [5.74, 6) is 3.04. The van der Waals surface area contributed by atoms with Crippen molar-refractivity contribution in [3.05, 3.63) is 72.9 Å². The molecule has 2 aliphatic heterocycles. The minimum atomic E-state index is 0.206. The molecule has 9 nitrogen and oxygen atoms in total. The van der Waals surface area contributed by atoms with E-state index in [-0.39, 0.29) is 6.10 Å². The highest BCUT2D eigenvalue weighted by Gasteiger charge is 2.39. The van der Waals surface area contributed by atoms with Crippen molar-refractivity contribution < 1.29 is 9.47 Å². The van der Waals surface area contributed by atoms with Gasteiger partial charge in [-0.2, -0.15) is 5.10 Å². The normalized spacial score (nSPS) is 21.2. The first kappa shape index (κ1) is 22.9. The Morgan fingerprint density at radius 3 is 2.63 bits per heavy atom. The monoisotopic (exact) mass is 507 g/mol. The van der Waals surface area contributed by atoms with Crippen LogP contribution in [0.15, 0.2) is 67.4 Å². The number of anilines is 2. The lowest BCUT2D eigenvalue weighted by Crippen LogP contribution is -2.43. The van der Waals surface area contributed by atoms with Crippen LogP contribution in [0.25, 0.3) is 16.6 Å². The van der Waals surface area contributed by atoms with E-state index in [1.165, 1.54) is 19.2 Å². The second-order valence-corrected chi connectivity index (χ2v) is 10.3. The first-order valence-electron chi connectivity index (χ1n) is 13.1. The molecule has 9 heteroatoms. The Morgan fingerprint density at radius 1 is 0.921 bits per heavy atom. The molecule has 2 aliphatic rings. The SMILES string of the molecule is Cc1cc(Nc2ncnc3cccc(OC4CC5CCC(C4)N5C)c23)ccc1Oc1ccn2ncnc2c1. The van der Waals surface area contributed by atoms with Crippen LogP contribution < -0.4 is 14.8 Å². The summed E-state index contributed by atoms with van der Waals surface area (Å²) in [6.45, 7) is 2.02. The number of benzene rings is 2. The summed E-state index contributed by atoms with van der Waals surface area (Å²) in [5.41, 5.74) is 3.50. The molecule has 38 heavy (non-hydrogen) atoms. The van der Waals surface area contributed by atoms with Crippen LogP contribution in [0.1, 0.15) is 31.2 Å². The van der Waals surface area contributed by atoms with Gasteiger partial charge in [-0.3, -0.25) is 0 Å². The maximum atomic E-state index is 6.63. The van der Waals surface area contributed by atoms with Gasteiger partial charge in [0.15, 0.2) is 5.65 Å². The average molecular weight is 508 g/mol. The molecule has 3 aromatic heterocycles. The molecule has 2 unspecified atom stereocenters. The summed E-state index contributed by atoms with van der Waals surface area (Å²) in [7, 11) is 2.25. The van der Waals surface area contributed by atoms with Crippen molar-refractivity contribution in [3.8, 4) is 17.2 Å². The number of pyridine rings is 1. The van der Waals surface area contributed by atoms with Crippen molar-refractivity contribution in [2.45, 2.75) is 50.8 Å². The lowest BCUT2D eigenvalue weighted by atomic mass is 10.0. The third kappa shape index (κ3) is 4.18. The van der Waals surface area contributed by atoms with Gasteiger partial charge in [-0.15, -0.1) is 0 Å². The topological polar surface area (TPSA) is 89.7 Å². The number of aromatic nitrogens is 5. The molecule has 2 atom stereocenters. The van der Waals surface area contributed by atoms with Crippen molar-refractivity contribution in [3.63, 3.8) is 0 Å². The average Bonchev–Trinajstić information content (AvgIpc) is 3.45. The molecule has 5 heterocycles. The molecule has 0 spiro atoms. The third-order valence-electron chi connectivity index (χ3n) is 7.89. The molecule has 1 N–H and O–H groups in total. The molecule has 2 fully saturated rings. The number of nitrogens with one attached hydrogen (secondary N) is 1. The van der Waals surface area contributed by atoms with Crippen LogP contribution >= 0.6 is 0 Å². The maximum absolute atomic E-state index is 6.63. The first-order chi connectivity index (χ1) is 18.6. The molecule has 5 aromatic rings. The Bertz CT molecular complexity index is 1620. The van der Waals surface area contributed by atoms with Gasteiger partial charge in [0, 0.05) is 30.0 Å². The molecule has 192 valence electrons. The number of hydrogen-bond acceptors (Lipinski definition) is 8. The Morgan fingerprint density at radius 2 is 1.79 bits per heavy atom. The number of nitrogens with zero attached hydrogens (tertiary/aromatic N) is 6. The van der Waals surface area contributed by atoms with Gasteiger partial charge >= 0.3 is 0 Å². The molecular weight excluding hydrogens is 478 g/mol. The molecule has 0 amide bonds. The van der Waals surface area contributed by atoms with Crippen LogP contribution in [-0.2, 0) is 0 Å². The fraction of sp³-hybridized carbons (Fsp3) is 0.310. The van der Waals surface area contributed by atoms with E-state index >= 15 is 0 Å². The number of fused-ring (bicyclic) bond motifs is 4. The van der Waals surface area contributed by atoms with Crippen LogP contribution in [0.5, 0.6) is 17.2 Å². The smallest absolute Gasteiger partial charge is 0.158 e. The number of piperidine rings is 1. The van der Waals surface area contributed by atoms with E-state index in [9.17, 15) is 0 Å². The van der Waals surface area contributed by atoms with E-state index in [0.29, 0.717) is 17.8 Å². The van der Waals surface area contributed by atoms with E-state index in [1.807, 2.05) is 55.6 Å². The standard InChI is InChI=1S/C29H29N7O2/c1-18-12-19(6-9-25(18)37-22-10-11-36-27(15-22)31-17-33-36)34-29-28-24(30-16-32-29)4-3-5-26(28)38-23-13-20-7-8-21(14-23)35(20)2/h3-6,9-12,15-17,20-21,23H,7-8,13-14H2,1-2H3,(H,30,32,34). The van der Waals surface area contributed by atoms with Crippen molar-refractivity contribution in [1.82, 2.24) is 29.5 Å².